The van der Waals surface area contributed by atoms with E-state index in [1.54, 1.807) is 18.5 Å². The largest absolute Gasteiger partial charge is 0.469 e. The Kier molecular flexibility index (Phi) is 4.65. The van der Waals surface area contributed by atoms with E-state index in [0.29, 0.717) is 22.2 Å². The van der Waals surface area contributed by atoms with Crippen LogP contribution >= 0.6 is 23.4 Å². The first-order valence-electron chi connectivity index (χ1n) is 6.68. The molecule has 0 saturated carbocycles. The molecular formula is C16H13ClN2O2S. The SMILES string of the molecule is O=c1[nH]c(SCc2ccc(Cl)cc2)ncc1Cc1ccco1. The lowest BCUT2D eigenvalue weighted by Gasteiger charge is -2.03. The van der Waals surface area contributed by atoms with Crippen molar-refractivity contribution in [3.63, 3.8) is 0 Å². The summed E-state index contributed by atoms with van der Waals surface area (Å²) in [4.78, 5) is 19.1. The molecule has 0 spiro atoms. The van der Waals surface area contributed by atoms with E-state index in [1.165, 1.54) is 11.8 Å². The second-order valence-corrected chi connectivity index (χ2v) is 6.11. The number of aromatic nitrogens is 2. The highest BCUT2D eigenvalue weighted by Crippen LogP contribution is 2.19. The lowest BCUT2D eigenvalue weighted by Crippen LogP contribution is -2.14. The minimum Gasteiger partial charge on any atom is -0.469 e. The van der Waals surface area contributed by atoms with Gasteiger partial charge in [0.1, 0.15) is 5.76 Å². The van der Waals surface area contributed by atoms with E-state index in [1.807, 2.05) is 30.3 Å². The maximum absolute atomic E-state index is 12.1. The lowest BCUT2D eigenvalue weighted by atomic mass is 10.2. The molecule has 0 unspecified atom stereocenters. The smallest absolute Gasteiger partial charge is 0.255 e. The molecule has 0 atom stereocenters. The average molecular weight is 333 g/mol. The summed E-state index contributed by atoms with van der Waals surface area (Å²) in [6.45, 7) is 0. The maximum Gasteiger partial charge on any atom is 0.255 e. The number of rotatable bonds is 5. The third kappa shape index (κ3) is 3.81. The number of thioether (sulfide) groups is 1. The van der Waals surface area contributed by atoms with Crippen molar-refractivity contribution in [3.05, 3.63) is 81.1 Å². The van der Waals surface area contributed by atoms with Crippen molar-refractivity contribution >= 4 is 23.4 Å². The van der Waals surface area contributed by atoms with Gasteiger partial charge in [-0.2, -0.15) is 0 Å². The van der Waals surface area contributed by atoms with Crippen molar-refractivity contribution in [1.29, 1.82) is 0 Å². The molecule has 0 aliphatic carbocycles. The predicted molar refractivity (Wildman–Crippen MR) is 87.4 cm³/mol. The van der Waals surface area contributed by atoms with Crippen molar-refractivity contribution in [2.24, 2.45) is 0 Å². The molecule has 1 aromatic carbocycles. The molecule has 0 saturated heterocycles. The Balaban J connectivity index is 1.66. The van der Waals surface area contributed by atoms with Crippen molar-refractivity contribution in [2.75, 3.05) is 0 Å². The number of hydrogen-bond donors (Lipinski definition) is 1. The average Bonchev–Trinajstić information content (AvgIpc) is 3.02. The highest BCUT2D eigenvalue weighted by atomic mass is 35.5. The van der Waals surface area contributed by atoms with Gasteiger partial charge in [-0.15, -0.1) is 0 Å². The third-order valence-electron chi connectivity index (χ3n) is 3.08. The molecule has 0 bridgehead atoms. The summed E-state index contributed by atoms with van der Waals surface area (Å²) in [5.41, 5.74) is 1.58. The van der Waals surface area contributed by atoms with Crippen LogP contribution < -0.4 is 5.56 Å². The van der Waals surface area contributed by atoms with Gasteiger partial charge in [0.15, 0.2) is 5.16 Å². The quantitative estimate of drug-likeness (QED) is 0.568. The van der Waals surface area contributed by atoms with Gasteiger partial charge in [-0.05, 0) is 29.8 Å². The van der Waals surface area contributed by atoms with Crippen LogP contribution in [-0.2, 0) is 12.2 Å². The normalized spacial score (nSPS) is 10.8. The molecule has 0 amide bonds. The summed E-state index contributed by atoms with van der Waals surface area (Å²) in [5, 5.41) is 1.31. The van der Waals surface area contributed by atoms with E-state index < -0.39 is 0 Å². The first-order valence-corrected chi connectivity index (χ1v) is 8.05. The summed E-state index contributed by atoms with van der Waals surface area (Å²) in [6, 6.07) is 11.2. The number of H-pyrrole nitrogens is 1. The molecule has 2 aromatic heterocycles. The summed E-state index contributed by atoms with van der Waals surface area (Å²) in [5.74, 6) is 1.46. The summed E-state index contributed by atoms with van der Waals surface area (Å²) in [6.07, 6.45) is 3.64. The van der Waals surface area contributed by atoms with E-state index in [2.05, 4.69) is 9.97 Å². The molecule has 22 heavy (non-hydrogen) atoms. The fourth-order valence-electron chi connectivity index (χ4n) is 1.94. The first-order chi connectivity index (χ1) is 10.7. The summed E-state index contributed by atoms with van der Waals surface area (Å²) < 4.78 is 5.24. The van der Waals surface area contributed by atoms with Crippen LogP contribution in [0.2, 0.25) is 5.02 Å². The Hall–Kier alpha value is -1.98. The number of benzene rings is 1. The highest BCUT2D eigenvalue weighted by molar-refractivity contribution is 7.98. The van der Waals surface area contributed by atoms with E-state index in [4.69, 9.17) is 16.0 Å². The van der Waals surface area contributed by atoms with E-state index in [-0.39, 0.29) is 5.56 Å². The summed E-state index contributed by atoms with van der Waals surface area (Å²) in [7, 11) is 0. The van der Waals surface area contributed by atoms with Crippen molar-refractivity contribution in [3.8, 4) is 0 Å². The van der Waals surface area contributed by atoms with Gasteiger partial charge in [0.25, 0.3) is 5.56 Å². The molecule has 2 heterocycles. The number of nitrogens with one attached hydrogen (secondary N) is 1. The number of nitrogens with zero attached hydrogens (tertiary/aromatic N) is 1. The van der Waals surface area contributed by atoms with E-state index >= 15 is 0 Å². The van der Waals surface area contributed by atoms with Gasteiger partial charge < -0.3 is 9.40 Å². The minimum absolute atomic E-state index is 0.134. The molecule has 112 valence electrons. The fourth-order valence-corrected chi connectivity index (χ4v) is 2.85. The zero-order valence-electron chi connectivity index (χ0n) is 11.6. The standard InChI is InChI=1S/C16H13ClN2O2S/c17-13-5-3-11(4-6-13)10-22-16-18-9-12(15(20)19-16)8-14-2-1-7-21-14/h1-7,9H,8,10H2,(H,18,19,20). The first kappa shape index (κ1) is 14.9. The van der Waals surface area contributed by atoms with Crippen LogP contribution in [0.3, 0.4) is 0 Å². The monoisotopic (exact) mass is 332 g/mol. The molecule has 3 aromatic rings. The van der Waals surface area contributed by atoms with Gasteiger partial charge in [-0.1, -0.05) is 35.5 Å². The van der Waals surface area contributed by atoms with Crippen LogP contribution in [-0.4, -0.2) is 9.97 Å². The number of hydrogen-bond acceptors (Lipinski definition) is 4. The van der Waals surface area contributed by atoms with Gasteiger partial charge in [-0.25, -0.2) is 4.98 Å². The molecule has 0 aliphatic rings. The van der Waals surface area contributed by atoms with Crippen molar-refractivity contribution < 1.29 is 4.42 Å². The van der Waals surface area contributed by atoms with Gasteiger partial charge in [0.2, 0.25) is 0 Å². The molecule has 1 N–H and O–H groups in total. The maximum atomic E-state index is 12.1. The van der Waals surface area contributed by atoms with Gasteiger partial charge in [0, 0.05) is 29.0 Å². The molecule has 0 aliphatic heterocycles. The van der Waals surface area contributed by atoms with Crippen LogP contribution in [0.25, 0.3) is 0 Å². The van der Waals surface area contributed by atoms with Crippen molar-refractivity contribution in [2.45, 2.75) is 17.3 Å². The lowest BCUT2D eigenvalue weighted by molar-refractivity contribution is 0.519. The van der Waals surface area contributed by atoms with Crippen molar-refractivity contribution in [1.82, 2.24) is 9.97 Å². The number of furan rings is 1. The Bertz CT molecular complexity index is 798. The Morgan fingerprint density at radius 2 is 2.05 bits per heavy atom. The second-order valence-electron chi connectivity index (χ2n) is 4.71. The number of halogens is 1. The Morgan fingerprint density at radius 3 is 2.73 bits per heavy atom. The molecular weight excluding hydrogens is 320 g/mol. The Labute approximate surface area is 136 Å². The van der Waals surface area contributed by atoms with Crippen LogP contribution in [0.5, 0.6) is 0 Å². The Morgan fingerprint density at radius 1 is 1.23 bits per heavy atom. The van der Waals surface area contributed by atoms with Crippen LogP contribution in [0.15, 0.2) is 63.2 Å². The second kappa shape index (κ2) is 6.85. The summed E-state index contributed by atoms with van der Waals surface area (Å²) >= 11 is 7.33. The minimum atomic E-state index is -0.134. The molecule has 3 rings (SSSR count). The number of aromatic amines is 1. The zero-order chi connectivity index (χ0) is 15.4. The predicted octanol–water partition coefficient (Wildman–Crippen LogP) is 3.90. The topological polar surface area (TPSA) is 58.9 Å². The van der Waals surface area contributed by atoms with Crippen LogP contribution in [0.1, 0.15) is 16.9 Å². The van der Waals surface area contributed by atoms with Gasteiger partial charge >= 0.3 is 0 Å². The molecule has 6 heteroatoms. The van der Waals surface area contributed by atoms with Gasteiger partial charge in [0.05, 0.1) is 6.26 Å². The molecule has 4 nitrogen and oxygen atoms in total. The molecule has 0 radical (unpaired) electrons. The van der Waals surface area contributed by atoms with Crippen LogP contribution in [0.4, 0.5) is 0 Å². The highest BCUT2D eigenvalue weighted by Gasteiger charge is 2.06. The third-order valence-corrected chi connectivity index (χ3v) is 4.29. The molecule has 0 fully saturated rings. The zero-order valence-corrected chi connectivity index (χ0v) is 13.2. The fraction of sp³-hybridized carbons (Fsp3) is 0.125. The van der Waals surface area contributed by atoms with Gasteiger partial charge in [-0.3, -0.25) is 4.79 Å². The van der Waals surface area contributed by atoms with E-state index in [0.717, 1.165) is 17.1 Å². The van der Waals surface area contributed by atoms with E-state index in [9.17, 15) is 4.79 Å². The van der Waals surface area contributed by atoms with Crippen LogP contribution in [0, 0.1) is 0 Å².